The number of thiazole rings is 1. The minimum Gasteiger partial charge on any atom is -0.383 e. The summed E-state index contributed by atoms with van der Waals surface area (Å²) in [6, 6.07) is 11.6. The number of nitrogens with zero attached hydrogens (tertiary/aromatic N) is 3. The molecule has 1 heterocycles. The lowest BCUT2D eigenvalue weighted by Crippen LogP contribution is -2.19. The van der Waals surface area contributed by atoms with E-state index in [9.17, 15) is 14.9 Å². The summed E-state index contributed by atoms with van der Waals surface area (Å²) in [5, 5.41) is 11.0. The maximum absolute atomic E-state index is 12.5. The normalized spacial score (nSPS) is 11.8. The van der Waals surface area contributed by atoms with E-state index < -0.39 is 4.92 Å². The molecule has 2 aromatic carbocycles. The van der Waals surface area contributed by atoms with Crippen molar-refractivity contribution >= 4 is 49.1 Å². The maximum atomic E-state index is 12.5. The molecule has 1 amide bonds. The Labute approximate surface area is 160 Å². The number of fused-ring (bicyclic) bond motifs is 1. The lowest BCUT2D eigenvalue weighted by atomic mass is 10.2. The van der Waals surface area contributed by atoms with Crippen LogP contribution in [-0.4, -0.2) is 29.1 Å². The third-order valence-electron chi connectivity index (χ3n) is 3.66. The van der Waals surface area contributed by atoms with Crippen LogP contribution in [0.25, 0.3) is 10.2 Å². The number of nitro groups is 1. The predicted molar refractivity (Wildman–Crippen MR) is 102 cm³/mol. The van der Waals surface area contributed by atoms with Crippen LogP contribution in [-0.2, 0) is 11.3 Å². The standard InChI is InChI=1S/C17H14BrN3O4S/c1-25-8-7-20-14-6-5-13(21(23)24)10-15(14)26-17(20)19-16(22)11-3-2-4-12(18)9-11/h2-6,9-10H,7-8H2,1H3. The zero-order valence-electron chi connectivity index (χ0n) is 13.7. The molecule has 134 valence electrons. The number of halogens is 1. The number of methoxy groups -OCH3 is 1. The van der Waals surface area contributed by atoms with E-state index in [1.165, 1.54) is 23.5 Å². The van der Waals surface area contributed by atoms with Crippen LogP contribution < -0.4 is 4.80 Å². The molecule has 0 spiro atoms. The fraction of sp³-hybridized carbons (Fsp3) is 0.176. The Balaban J connectivity index is 2.13. The Hall–Kier alpha value is -2.36. The van der Waals surface area contributed by atoms with Crippen LogP contribution in [0.15, 0.2) is 51.9 Å². The van der Waals surface area contributed by atoms with Gasteiger partial charge in [0.15, 0.2) is 4.80 Å². The van der Waals surface area contributed by atoms with Crippen LogP contribution in [0, 0.1) is 10.1 Å². The number of hydrogen-bond acceptors (Lipinski definition) is 5. The van der Waals surface area contributed by atoms with Gasteiger partial charge in [0.2, 0.25) is 0 Å². The lowest BCUT2D eigenvalue weighted by molar-refractivity contribution is -0.384. The van der Waals surface area contributed by atoms with E-state index in [4.69, 9.17) is 4.74 Å². The van der Waals surface area contributed by atoms with Gasteiger partial charge in [-0.3, -0.25) is 14.9 Å². The quantitative estimate of drug-likeness (QED) is 0.450. The fourth-order valence-corrected chi connectivity index (χ4v) is 3.92. The maximum Gasteiger partial charge on any atom is 0.279 e. The first-order valence-corrected chi connectivity index (χ1v) is 9.22. The molecule has 0 aliphatic carbocycles. The average molecular weight is 436 g/mol. The Morgan fingerprint density at radius 2 is 2.15 bits per heavy atom. The van der Waals surface area contributed by atoms with Gasteiger partial charge in [-0.1, -0.05) is 33.3 Å². The van der Waals surface area contributed by atoms with E-state index in [1.807, 2.05) is 10.6 Å². The van der Waals surface area contributed by atoms with E-state index in [-0.39, 0.29) is 11.6 Å². The van der Waals surface area contributed by atoms with E-state index in [0.717, 1.165) is 9.99 Å². The zero-order valence-corrected chi connectivity index (χ0v) is 16.1. The second-order valence-electron chi connectivity index (χ2n) is 5.37. The summed E-state index contributed by atoms with van der Waals surface area (Å²) in [5.74, 6) is -0.376. The van der Waals surface area contributed by atoms with Crippen molar-refractivity contribution in [3.05, 3.63) is 67.4 Å². The molecule has 7 nitrogen and oxygen atoms in total. The van der Waals surface area contributed by atoms with Gasteiger partial charge < -0.3 is 9.30 Å². The number of non-ortho nitro benzene ring substituents is 1. The Kier molecular flexibility index (Phi) is 5.60. The molecule has 0 fully saturated rings. The van der Waals surface area contributed by atoms with Crippen molar-refractivity contribution in [2.75, 3.05) is 13.7 Å². The Morgan fingerprint density at radius 1 is 1.35 bits per heavy atom. The van der Waals surface area contributed by atoms with Crippen LogP contribution in [0.2, 0.25) is 0 Å². The molecule has 0 saturated heterocycles. The first-order chi connectivity index (χ1) is 12.5. The van der Waals surface area contributed by atoms with Crippen molar-refractivity contribution in [2.24, 2.45) is 4.99 Å². The van der Waals surface area contributed by atoms with E-state index >= 15 is 0 Å². The summed E-state index contributed by atoms with van der Waals surface area (Å²) in [4.78, 5) is 27.8. The summed E-state index contributed by atoms with van der Waals surface area (Å²) in [6.45, 7) is 0.917. The van der Waals surface area contributed by atoms with Crippen molar-refractivity contribution in [3.8, 4) is 0 Å². The summed E-state index contributed by atoms with van der Waals surface area (Å²) in [7, 11) is 1.59. The third-order valence-corrected chi connectivity index (χ3v) is 5.20. The van der Waals surface area contributed by atoms with Gasteiger partial charge in [-0.05, 0) is 24.3 Å². The summed E-state index contributed by atoms with van der Waals surface area (Å²) < 4.78 is 8.45. The molecule has 0 saturated carbocycles. The summed E-state index contributed by atoms with van der Waals surface area (Å²) in [6.07, 6.45) is 0. The van der Waals surface area contributed by atoms with Crippen molar-refractivity contribution in [1.29, 1.82) is 0 Å². The molecule has 3 rings (SSSR count). The smallest absolute Gasteiger partial charge is 0.279 e. The van der Waals surface area contributed by atoms with Gasteiger partial charge in [0.05, 0.1) is 21.7 Å². The van der Waals surface area contributed by atoms with Gasteiger partial charge in [0, 0.05) is 35.8 Å². The monoisotopic (exact) mass is 435 g/mol. The van der Waals surface area contributed by atoms with Gasteiger partial charge in [0.25, 0.3) is 11.6 Å². The third kappa shape index (κ3) is 3.90. The van der Waals surface area contributed by atoms with Crippen LogP contribution in [0.5, 0.6) is 0 Å². The zero-order chi connectivity index (χ0) is 18.7. The minimum atomic E-state index is -0.442. The minimum absolute atomic E-state index is 0.00232. The van der Waals surface area contributed by atoms with Crippen molar-refractivity contribution < 1.29 is 14.5 Å². The van der Waals surface area contributed by atoms with E-state index in [2.05, 4.69) is 20.9 Å². The summed E-state index contributed by atoms with van der Waals surface area (Å²) in [5.41, 5.74) is 1.24. The molecule has 0 bridgehead atoms. The molecule has 0 atom stereocenters. The van der Waals surface area contributed by atoms with Gasteiger partial charge in [-0.15, -0.1) is 0 Å². The molecule has 3 aromatic rings. The summed E-state index contributed by atoms with van der Waals surface area (Å²) >= 11 is 4.57. The second-order valence-corrected chi connectivity index (χ2v) is 7.29. The second kappa shape index (κ2) is 7.90. The van der Waals surface area contributed by atoms with Gasteiger partial charge >= 0.3 is 0 Å². The number of ether oxygens (including phenoxy) is 1. The Bertz CT molecular complexity index is 1060. The highest BCUT2D eigenvalue weighted by molar-refractivity contribution is 9.10. The number of carbonyl (C=O) groups excluding carboxylic acids is 1. The SMILES string of the molecule is COCCn1c(=NC(=O)c2cccc(Br)c2)sc2cc([N+](=O)[O-])ccc21. The van der Waals surface area contributed by atoms with Crippen molar-refractivity contribution in [2.45, 2.75) is 6.54 Å². The first-order valence-electron chi connectivity index (χ1n) is 7.61. The number of aromatic nitrogens is 1. The predicted octanol–water partition coefficient (Wildman–Crippen LogP) is 3.76. The first kappa shape index (κ1) is 18.4. The molecule has 26 heavy (non-hydrogen) atoms. The Morgan fingerprint density at radius 3 is 2.85 bits per heavy atom. The van der Waals surface area contributed by atoms with Crippen LogP contribution in [0.4, 0.5) is 5.69 Å². The number of hydrogen-bond donors (Lipinski definition) is 0. The molecule has 1 aromatic heterocycles. The molecule has 9 heteroatoms. The number of carbonyl (C=O) groups is 1. The molecular weight excluding hydrogens is 422 g/mol. The van der Waals surface area contributed by atoms with Crippen LogP contribution >= 0.6 is 27.3 Å². The molecule has 0 aliphatic heterocycles. The molecule has 0 radical (unpaired) electrons. The fourth-order valence-electron chi connectivity index (χ4n) is 2.43. The van der Waals surface area contributed by atoms with E-state index in [1.54, 1.807) is 31.4 Å². The number of benzene rings is 2. The average Bonchev–Trinajstić information content (AvgIpc) is 2.96. The largest absolute Gasteiger partial charge is 0.383 e. The van der Waals surface area contributed by atoms with Gasteiger partial charge in [-0.2, -0.15) is 4.99 Å². The molecular formula is C17H14BrN3O4S. The van der Waals surface area contributed by atoms with Crippen LogP contribution in [0.1, 0.15) is 10.4 Å². The topological polar surface area (TPSA) is 86.7 Å². The highest BCUT2D eigenvalue weighted by atomic mass is 79.9. The van der Waals surface area contributed by atoms with Crippen LogP contribution in [0.3, 0.4) is 0 Å². The van der Waals surface area contributed by atoms with E-state index in [0.29, 0.717) is 28.2 Å². The number of amides is 1. The number of nitro benzene ring substituents is 1. The lowest BCUT2D eigenvalue weighted by Gasteiger charge is -2.04. The highest BCUT2D eigenvalue weighted by Crippen LogP contribution is 2.23. The number of rotatable bonds is 5. The molecule has 0 aliphatic rings. The van der Waals surface area contributed by atoms with Crippen molar-refractivity contribution in [3.63, 3.8) is 0 Å². The van der Waals surface area contributed by atoms with Gasteiger partial charge in [0.1, 0.15) is 0 Å². The molecule has 0 N–H and O–H groups in total. The highest BCUT2D eigenvalue weighted by Gasteiger charge is 2.13. The molecule has 0 unspecified atom stereocenters. The van der Waals surface area contributed by atoms with Crippen molar-refractivity contribution in [1.82, 2.24) is 4.57 Å². The van der Waals surface area contributed by atoms with Gasteiger partial charge in [-0.25, -0.2) is 0 Å².